The van der Waals surface area contributed by atoms with Crippen molar-refractivity contribution in [1.29, 1.82) is 0 Å². The Bertz CT molecular complexity index is 1100. The van der Waals surface area contributed by atoms with Crippen LogP contribution in [-0.2, 0) is 9.59 Å². The summed E-state index contributed by atoms with van der Waals surface area (Å²) >= 11 is 0. The van der Waals surface area contributed by atoms with Crippen molar-refractivity contribution >= 4 is 23.2 Å². The summed E-state index contributed by atoms with van der Waals surface area (Å²) in [6.45, 7) is 0. The third-order valence-corrected chi connectivity index (χ3v) is 4.72. The molecule has 1 aromatic rings. The lowest BCUT2D eigenvalue weighted by atomic mass is 10.1. The highest BCUT2D eigenvalue weighted by molar-refractivity contribution is 6.09. The molecule has 1 fully saturated rings. The zero-order valence-electron chi connectivity index (χ0n) is 15.5. The molecule has 0 spiro atoms. The molecule has 144 valence electrons. The summed E-state index contributed by atoms with van der Waals surface area (Å²) < 4.78 is 0. The summed E-state index contributed by atoms with van der Waals surface area (Å²) in [5, 5.41) is 15.8. The molecular formula is C22H17N3O4. The van der Waals surface area contributed by atoms with Crippen LogP contribution >= 0.6 is 0 Å². The molecular weight excluding hydrogens is 370 g/mol. The molecule has 7 heteroatoms. The fraction of sp³-hybridized carbons (Fsp3) is 0.0455. The van der Waals surface area contributed by atoms with E-state index in [-0.39, 0.29) is 17.1 Å². The van der Waals surface area contributed by atoms with Crippen molar-refractivity contribution in [3.63, 3.8) is 0 Å². The van der Waals surface area contributed by atoms with E-state index in [1.54, 1.807) is 65.7 Å². The van der Waals surface area contributed by atoms with Crippen LogP contribution in [0, 0.1) is 0 Å². The number of carbonyl (C=O) groups is 3. The molecule has 0 radical (unpaired) electrons. The van der Waals surface area contributed by atoms with Crippen molar-refractivity contribution in [2.45, 2.75) is 0 Å². The highest BCUT2D eigenvalue weighted by atomic mass is 16.4. The SMILES string of the molecule is CN1/C(=C2/C=CC=CC2=O)N/C(=C2/C=CC=CC2=O)N1c1ccc(C(=O)O)cc1. The number of allylic oxidation sites excluding steroid dienone is 10. The predicted molar refractivity (Wildman–Crippen MR) is 107 cm³/mol. The Labute approximate surface area is 166 Å². The molecule has 2 aliphatic carbocycles. The molecule has 1 saturated heterocycles. The maximum absolute atomic E-state index is 12.5. The Hall–Kier alpha value is -4.13. The van der Waals surface area contributed by atoms with Gasteiger partial charge in [0, 0.05) is 7.05 Å². The number of carboxylic acids is 1. The van der Waals surface area contributed by atoms with E-state index in [1.807, 2.05) is 0 Å². The van der Waals surface area contributed by atoms with Crippen LogP contribution in [0.25, 0.3) is 0 Å². The smallest absolute Gasteiger partial charge is 0.335 e. The molecule has 1 heterocycles. The molecule has 0 aromatic heterocycles. The van der Waals surface area contributed by atoms with Crippen LogP contribution in [0.2, 0.25) is 0 Å². The normalized spacial score (nSPS) is 23.2. The van der Waals surface area contributed by atoms with Gasteiger partial charge in [0.15, 0.2) is 11.6 Å². The molecule has 0 saturated carbocycles. The van der Waals surface area contributed by atoms with Crippen molar-refractivity contribution in [2.75, 3.05) is 12.1 Å². The van der Waals surface area contributed by atoms with Crippen LogP contribution in [-0.4, -0.2) is 34.7 Å². The second-order valence-corrected chi connectivity index (χ2v) is 6.50. The summed E-state index contributed by atoms with van der Waals surface area (Å²) in [5.41, 5.74) is 1.69. The van der Waals surface area contributed by atoms with Gasteiger partial charge >= 0.3 is 5.97 Å². The number of rotatable bonds is 2. The maximum Gasteiger partial charge on any atom is 0.335 e. The van der Waals surface area contributed by atoms with E-state index >= 15 is 0 Å². The van der Waals surface area contributed by atoms with Gasteiger partial charge in [0.1, 0.15) is 11.6 Å². The van der Waals surface area contributed by atoms with E-state index in [9.17, 15) is 14.4 Å². The first-order valence-electron chi connectivity index (χ1n) is 8.88. The van der Waals surface area contributed by atoms with Gasteiger partial charge in [-0.25, -0.2) is 9.80 Å². The lowest BCUT2D eigenvalue weighted by molar-refractivity contribution is -0.112. The first-order chi connectivity index (χ1) is 14.0. The summed E-state index contributed by atoms with van der Waals surface area (Å²) in [7, 11) is 1.76. The quantitative estimate of drug-likeness (QED) is 0.754. The summed E-state index contributed by atoms with van der Waals surface area (Å²) in [5.74, 6) is -0.339. The second-order valence-electron chi connectivity index (χ2n) is 6.50. The molecule has 29 heavy (non-hydrogen) atoms. The number of hydrogen-bond donors (Lipinski definition) is 2. The van der Waals surface area contributed by atoms with E-state index in [1.165, 1.54) is 24.3 Å². The number of nitrogens with zero attached hydrogens (tertiary/aromatic N) is 2. The van der Waals surface area contributed by atoms with E-state index in [0.29, 0.717) is 28.5 Å². The topological polar surface area (TPSA) is 90.0 Å². The van der Waals surface area contributed by atoms with Crippen molar-refractivity contribution in [1.82, 2.24) is 10.3 Å². The molecule has 3 aliphatic rings. The Morgan fingerprint density at radius 3 is 1.86 bits per heavy atom. The minimum atomic E-state index is -1.02. The molecule has 0 unspecified atom stereocenters. The number of nitrogens with one attached hydrogen (secondary N) is 1. The van der Waals surface area contributed by atoms with Crippen molar-refractivity contribution < 1.29 is 19.5 Å². The number of benzene rings is 1. The monoisotopic (exact) mass is 387 g/mol. The summed E-state index contributed by atoms with van der Waals surface area (Å²) in [4.78, 5) is 36.1. The molecule has 0 amide bonds. The standard InChI is InChI=1S/C22H17N3O4/c1-24-20(16-6-2-4-8-18(16)26)23-21(17-7-3-5-9-19(17)27)25(24)15-12-10-14(11-13-15)22(28)29/h2-13,23H,1H3,(H,28,29)/b20-16-,21-17+. The number of hydrazine groups is 1. The Morgan fingerprint density at radius 1 is 0.828 bits per heavy atom. The lowest BCUT2D eigenvalue weighted by Crippen LogP contribution is -2.33. The third kappa shape index (κ3) is 3.19. The number of hydrogen-bond acceptors (Lipinski definition) is 6. The number of carbonyl (C=O) groups excluding carboxylic acids is 2. The molecule has 7 nitrogen and oxygen atoms in total. The molecule has 1 aromatic carbocycles. The largest absolute Gasteiger partial charge is 0.478 e. The van der Waals surface area contributed by atoms with Crippen LogP contribution in [0.4, 0.5) is 5.69 Å². The first kappa shape index (κ1) is 18.2. The van der Waals surface area contributed by atoms with Gasteiger partial charge in [-0.05, 0) is 48.6 Å². The highest BCUT2D eigenvalue weighted by Gasteiger charge is 2.34. The Morgan fingerprint density at radius 2 is 1.34 bits per heavy atom. The minimum absolute atomic E-state index is 0.153. The van der Waals surface area contributed by atoms with Crippen LogP contribution < -0.4 is 10.3 Å². The highest BCUT2D eigenvalue weighted by Crippen LogP contribution is 2.33. The molecule has 2 N–H and O–H groups in total. The van der Waals surface area contributed by atoms with Crippen LogP contribution in [0.1, 0.15) is 10.4 Å². The summed E-state index contributed by atoms with van der Waals surface area (Å²) in [6.07, 6.45) is 13.2. The molecule has 4 rings (SSSR count). The molecule has 0 bridgehead atoms. The zero-order valence-corrected chi connectivity index (χ0v) is 15.5. The lowest BCUT2D eigenvalue weighted by Gasteiger charge is -2.28. The number of aromatic carboxylic acids is 1. The van der Waals surface area contributed by atoms with E-state index in [2.05, 4.69) is 5.32 Å². The second kappa shape index (κ2) is 7.12. The van der Waals surface area contributed by atoms with Crippen LogP contribution in [0.5, 0.6) is 0 Å². The average molecular weight is 387 g/mol. The first-order valence-corrected chi connectivity index (χ1v) is 8.88. The maximum atomic E-state index is 12.5. The number of anilines is 1. The summed E-state index contributed by atoms with van der Waals surface area (Å²) in [6, 6.07) is 6.29. The Kier molecular flexibility index (Phi) is 4.48. The minimum Gasteiger partial charge on any atom is -0.478 e. The van der Waals surface area contributed by atoms with Crippen molar-refractivity contribution in [3.8, 4) is 0 Å². The van der Waals surface area contributed by atoms with Crippen LogP contribution in [0.15, 0.2) is 95.7 Å². The van der Waals surface area contributed by atoms with E-state index in [4.69, 9.17) is 5.11 Å². The van der Waals surface area contributed by atoms with Gasteiger partial charge in [0.2, 0.25) is 0 Å². The van der Waals surface area contributed by atoms with Gasteiger partial charge in [0.25, 0.3) is 0 Å². The number of carboxylic acid groups (broad SMARTS) is 1. The molecule has 0 atom stereocenters. The van der Waals surface area contributed by atoms with Gasteiger partial charge in [-0.1, -0.05) is 24.3 Å². The molecule has 1 aliphatic heterocycles. The fourth-order valence-corrected chi connectivity index (χ4v) is 3.29. The van der Waals surface area contributed by atoms with Gasteiger partial charge in [-0.3, -0.25) is 14.6 Å². The van der Waals surface area contributed by atoms with E-state index in [0.717, 1.165) is 0 Å². The van der Waals surface area contributed by atoms with Crippen molar-refractivity contribution in [3.05, 3.63) is 101 Å². The zero-order chi connectivity index (χ0) is 20.5. The Balaban J connectivity index is 1.87. The van der Waals surface area contributed by atoms with Gasteiger partial charge in [-0.15, -0.1) is 0 Å². The van der Waals surface area contributed by atoms with Crippen LogP contribution in [0.3, 0.4) is 0 Å². The average Bonchev–Trinajstić information content (AvgIpc) is 3.05. The predicted octanol–water partition coefficient (Wildman–Crippen LogP) is 2.45. The van der Waals surface area contributed by atoms with E-state index < -0.39 is 5.97 Å². The number of ketones is 2. The van der Waals surface area contributed by atoms with Crippen molar-refractivity contribution in [2.24, 2.45) is 0 Å². The third-order valence-electron chi connectivity index (χ3n) is 4.72. The van der Waals surface area contributed by atoms with Gasteiger partial charge in [0.05, 0.1) is 22.4 Å². The van der Waals surface area contributed by atoms with Gasteiger partial charge in [-0.2, -0.15) is 0 Å². The fourth-order valence-electron chi connectivity index (χ4n) is 3.29. The van der Waals surface area contributed by atoms with Gasteiger partial charge < -0.3 is 10.4 Å².